The van der Waals surface area contributed by atoms with Crippen molar-refractivity contribution in [1.82, 2.24) is 9.55 Å². The van der Waals surface area contributed by atoms with Gasteiger partial charge in [-0.1, -0.05) is 78.0 Å². The maximum absolute atomic E-state index is 13.0. The minimum absolute atomic E-state index is 0.0168. The average molecular weight is 577 g/mol. The fourth-order valence-electron chi connectivity index (χ4n) is 5.34. The molecule has 3 aromatic carbocycles. The lowest BCUT2D eigenvalue weighted by Gasteiger charge is -2.24. The Bertz CT molecular complexity index is 1590. The Morgan fingerprint density at radius 1 is 0.927 bits per heavy atom. The van der Waals surface area contributed by atoms with E-state index in [0.717, 1.165) is 52.9 Å². The zero-order valence-corrected chi connectivity index (χ0v) is 23.8. The van der Waals surface area contributed by atoms with Crippen molar-refractivity contribution in [3.63, 3.8) is 0 Å². The molecule has 0 amide bonds. The quantitative estimate of drug-likeness (QED) is 0.151. The highest BCUT2D eigenvalue weighted by atomic mass is 32.2. The number of aromatic nitrogens is 2. The summed E-state index contributed by atoms with van der Waals surface area (Å²) in [6.45, 7) is 3.63. The van der Waals surface area contributed by atoms with Crippen molar-refractivity contribution in [3.8, 4) is 11.1 Å². The maximum atomic E-state index is 13.0. The van der Waals surface area contributed by atoms with Gasteiger partial charge in [0.05, 0.1) is 11.6 Å². The monoisotopic (exact) mass is 576 g/mol. The number of fused-ring (bicyclic) bond motifs is 1. The highest BCUT2D eigenvalue weighted by molar-refractivity contribution is 7.98. The third kappa shape index (κ3) is 6.64. The van der Waals surface area contributed by atoms with Crippen LogP contribution in [0.3, 0.4) is 0 Å². The van der Waals surface area contributed by atoms with Gasteiger partial charge in [-0.05, 0) is 80.3 Å². The summed E-state index contributed by atoms with van der Waals surface area (Å²) in [5.74, 6) is 0.657. The van der Waals surface area contributed by atoms with Crippen LogP contribution in [0.5, 0.6) is 0 Å². The van der Waals surface area contributed by atoms with Gasteiger partial charge < -0.3 is 4.57 Å². The standard InChI is InChI=1S/C33H31F3N2O2S/c1-21-6-8-24(9-7-21)20-41-32-37-31(40)28-4-3-5-30(28)38(32)29(22(2)39)19-12-23-10-13-25(14-11-23)26-15-17-27(18-16-26)33(34,35)36/h6-11,13-18,29H,3-5,12,19-20H2,1-2H3. The number of hydrogen-bond acceptors (Lipinski definition) is 4. The lowest BCUT2D eigenvalue weighted by molar-refractivity contribution is -0.137. The van der Waals surface area contributed by atoms with E-state index < -0.39 is 17.8 Å². The minimum atomic E-state index is -4.36. The fourth-order valence-corrected chi connectivity index (χ4v) is 6.35. The molecule has 4 aromatic rings. The van der Waals surface area contributed by atoms with Crippen LogP contribution in [0.1, 0.15) is 59.3 Å². The largest absolute Gasteiger partial charge is 0.416 e. The molecule has 1 unspecified atom stereocenters. The van der Waals surface area contributed by atoms with E-state index in [1.165, 1.54) is 29.5 Å². The van der Waals surface area contributed by atoms with Crippen molar-refractivity contribution in [1.29, 1.82) is 0 Å². The molecule has 1 aromatic heterocycles. The number of alkyl halides is 3. The highest BCUT2D eigenvalue weighted by Gasteiger charge is 2.30. The molecule has 8 heteroatoms. The van der Waals surface area contributed by atoms with Gasteiger partial charge in [0, 0.05) is 17.0 Å². The Balaban J connectivity index is 1.36. The third-order valence-corrected chi connectivity index (χ3v) is 8.64. The van der Waals surface area contributed by atoms with Gasteiger partial charge in [-0.15, -0.1) is 0 Å². The number of nitrogens with zero attached hydrogens (tertiary/aromatic N) is 2. The van der Waals surface area contributed by atoms with Crippen LogP contribution < -0.4 is 5.56 Å². The van der Waals surface area contributed by atoms with Crippen LogP contribution in [0.15, 0.2) is 82.7 Å². The van der Waals surface area contributed by atoms with Crippen molar-refractivity contribution in [2.75, 3.05) is 0 Å². The van der Waals surface area contributed by atoms with Gasteiger partial charge in [0.15, 0.2) is 10.9 Å². The van der Waals surface area contributed by atoms with Crippen LogP contribution in [0.25, 0.3) is 11.1 Å². The average Bonchev–Trinajstić information content (AvgIpc) is 3.44. The summed E-state index contributed by atoms with van der Waals surface area (Å²) in [5, 5.41) is 0.578. The Morgan fingerprint density at radius 2 is 1.54 bits per heavy atom. The molecule has 0 saturated carbocycles. The molecule has 1 heterocycles. The third-order valence-electron chi connectivity index (χ3n) is 7.62. The molecule has 0 bridgehead atoms. The molecule has 1 atom stereocenters. The molecule has 5 rings (SSSR count). The smallest absolute Gasteiger partial charge is 0.314 e. The zero-order chi connectivity index (χ0) is 29.1. The zero-order valence-electron chi connectivity index (χ0n) is 23.0. The first-order valence-electron chi connectivity index (χ1n) is 13.7. The van der Waals surface area contributed by atoms with Gasteiger partial charge in [0.2, 0.25) is 0 Å². The van der Waals surface area contributed by atoms with Crippen LogP contribution >= 0.6 is 11.8 Å². The van der Waals surface area contributed by atoms with Crippen LogP contribution in [0.2, 0.25) is 0 Å². The number of carbonyl (C=O) groups is 1. The molecular formula is C33H31F3N2O2S. The summed E-state index contributed by atoms with van der Waals surface area (Å²) >= 11 is 1.48. The number of aryl methyl sites for hydroxylation is 2. The normalized spacial score (nSPS) is 13.7. The lowest BCUT2D eigenvalue weighted by atomic mass is 9.98. The number of Topliss-reactive ketones (excluding diaryl/α,β-unsaturated/α-hetero) is 1. The number of thioether (sulfide) groups is 1. The van der Waals surface area contributed by atoms with E-state index in [4.69, 9.17) is 0 Å². The number of benzene rings is 3. The SMILES string of the molecule is CC(=O)C(CCc1ccc(-c2ccc(C(F)(F)F)cc2)cc1)n1c(SCc2ccc(C)cc2)nc(=O)c2c1CCC2. The number of carbonyl (C=O) groups excluding carboxylic acids is 1. The minimum Gasteiger partial charge on any atom is -0.314 e. The van der Waals surface area contributed by atoms with Crippen LogP contribution in [-0.4, -0.2) is 15.3 Å². The molecule has 0 spiro atoms. The summed E-state index contributed by atoms with van der Waals surface area (Å²) in [5.41, 5.74) is 5.62. The first-order chi connectivity index (χ1) is 19.6. The molecule has 41 heavy (non-hydrogen) atoms. The van der Waals surface area contributed by atoms with Crippen LogP contribution in [-0.2, 0) is 36.0 Å². The van der Waals surface area contributed by atoms with E-state index >= 15 is 0 Å². The van der Waals surface area contributed by atoms with Crippen LogP contribution in [0, 0.1) is 6.92 Å². The van der Waals surface area contributed by atoms with Gasteiger partial charge in [0.25, 0.3) is 5.56 Å². The van der Waals surface area contributed by atoms with Gasteiger partial charge in [0.1, 0.15) is 0 Å². The fraction of sp³-hybridized carbons (Fsp3) is 0.303. The van der Waals surface area contributed by atoms with E-state index in [0.29, 0.717) is 35.7 Å². The maximum Gasteiger partial charge on any atom is 0.416 e. The van der Waals surface area contributed by atoms with E-state index in [1.54, 1.807) is 6.92 Å². The van der Waals surface area contributed by atoms with Gasteiger partial charge in [-0.3, -0.25) is 9.59 Å². The van der Waals surface area contributed by atoms with E-state index in [9.17, 15) is 22.8 Å². The Labute approximate surface area is 241 Å². The number of ketones is 1. The predicted octanol–water partition coefficient (Wildman–Crippen LogP) is 7.78. The molecule has 0 saturated heterocycles. The van der Waals surface area contributed by atoms with E-state index in [-0.39, 0.29) is 11.3 Å². The van der Waals surface area contributed by atoms with Crippen molar-refractivity contribution < 1.29 is 18.0 Å². The Hall–Kier alpha value is -3.65. The molecule has 0 radical (unpaired) electrons. The highest BCUT2D eigenvalue weighted by Crippen LogP contribution is 2.33. The number of hydrogen-bond donors (Lipinski definition) is 0. The molecular weight excluding hydrogens is 545 g/mol. The van der Waals surface area contributed by atoms with E-state index in [1.807, 2.05) is 35.8 Å². The second-order valence-electron chi connectivity index (χ2n) is 10.6. The van der Waals surface area contributed by atoms with Crippen molar-refractivity contribution in [2.24, 2.45) is 0 Å². The number of rotatable bonds is 9. The van der Waals surface area contributed by atoms with Crippen molar-refractivity contribution >= 4 is 17.5 Å². The summed E-state index contributed by atoms with van der Waals surface area (Å²) in [7, 11) is 0. The van der Waals surface area contributed by atoms with Gasteiger partial charge >= 0.3 is 6.18 Å². The summed E-state index contributed by atoms with van der Waals surface area (Å²) in [4.78, 5) is 30.3. The molecule has 1 aliphatic rings. The second kappa shape index (κ2) is 12.1. The lowest BCUT2D eigenvalue weighted by Crippen LogP contribution is -2.28. The molecule has 0 N–H and O–H groups in total. The molecule has 212 valence electrons. The first-order valence-corrected chi connectivity index (χ1v) is 14.7. The van der Waals surface area contributed by atoms with Crippen LogP contribution in [0.4, 0.5) is 13.2 Å². The number of halogens is 3. The Kier molecular flexibility index (Phi) is 8.50. The van der Waals surface area contributed by atoms with E-state index in [2.05, 4.69) is 29.2 Å². The molecule has 0 aliphatic heterocycles. The van der Waals surface area contributed by atoms with Crippen molar-refractivity contribution in [3.05, 3.63) is 117 Å². The molecule has 1 aliphatic carbocycles. The summed E-state index contributed by atoms with van der Waals surface area (Å²) in [6.07, 6.45) is -0.897. The second-order valence-corrected chi connectivity index (χ2v) is 11.5. The van der Waals surface area contributed by atoms with Crippen molar-refractivity contribution in [2.45, 2.75) is 69.1 Å². The first kappa shape index (κ1) is 28.9. The summed E-state index contributed by atoms with van der Waals surface area (Å²) < 4.78 is 40.7. The van der Waals surface area contributed by atoms with Gasteiger partial charge in [-0.25, -0.2) is 0 Å². The molecule has 4 nitrogen and oxygen atoms in total. The Morgan fingerprint density at radius 3 is 2.15 bits per heavy atom. The molecule has 0 fully saturated rings. The summed E-state index contributed by atoms with van der Waals surface area (Å²) in [6, 6.07) is 20.6. The predicted molar refractivity (Wildman–Crippen MR) is 156 cm³/mol. The topological polar surface area (TPSA) is 52.0 Å². The van der Waals surface area contributed by atoms with Gasteiger partial charge in [-0.2, -0.15) is 18.2 Å².